The maximum Gasteiger partial charge on any atom is 0.292 e. The van der Waals surface area contributed by atoms with Crippen LogP contribution in [0.1, 0.15) is 54.4 Å². The Labute approximate surface area is 206 Å². The predicted molar refractivity (Wildman–Crippen MR) is 133 cm³/mol. The van der Waals surface area contributed by atoms with Crippen LogP contribution in [0.5, 0.6) is 5.75 Å². The fourth-order valence-corrected chi connectivity index (χ4v) is 4.36. The van der Waals surface area contributed by atoms with Crippen LogP contribution in [0, 0.1) is 5.92 Å². The van der Waals surface area contributed by atoms with E-state index in [-0.39, 0.29) is 41.9 Å². The lowest BCUT2D eigenvalue weighted by Gasteiger charge is -2.38. The van der Waals surface area contributed by atoms with Crippen molar-refractivity contribution in [2.24, 2.45) is 5.92 Å². The average molecular weight is 476 g/mol. The van der Waals surface area contributed by atoms with Crippen molar-refractivity contribution in [1.29, 1.82) is 0 Å². The van der Waals surface area contributed by atoms with Crippen molar-refractivity contribution in [2.45, 2.75) is 45.3 Å². The Balaban J connectivity index is 1.47. The highest BCUT2D eigenvalue weighted by Crippen LogP contribution is 2.28. The molecular weight excluding hydrogens is 442 g/mol. The lowest BCUT2D eigenvalue weighted by molar-refractivity contribution is -0.133. The van der Waals surface area contributed by atoms with Crippen molar-refractivity contribution in [3.8, 4) is 5.75 Å². The van der Waals surface area contributed by atoms with Gasteiger partial charge in [0.1, 0.15) is 11.9 Å². The summed E-state index contributed by atoms with van der Waals surface area (Å²) in [5.74, 6) is 0.864. The van der Waals surface area contributed by atoms with Gasteiger partial charge in [0.05, 0.1) is 5.69 Å². The SMILES string of the molecule is CC(C)c1cc(C(=O)N2CC[C@H](Oc3ccccc3)[C@@H](CC(=O)N(C)Cc3ccccc3)C2)on1. The third-order valence-corrected chi connectivity index (χ3v) is 6.44. The van der Waals surface area contributed by atoms with Crippen molar-refractivity contribution >= 4 is 11.8 Å². The van der Waals surface area contributed by atoms with Gasteiger partial charge in [-0.2, -0.15) is 0 Å². The molecule has 2 atom stereocenters. The fourth-order valence-electron chi connectivity index (χ4n) is 4.36. The number of rotatable bonds is 8. The Morgan fingerprint density at radius 3 is 2.46 bits per heavy atom. The van der Waals surface area contributed by atoms with Gasteiger partial charge in [-0.15, -0.1) is 0 Å². The molecular formula is C28H33N3O4. The molecule has 2 heterocycles. The summed E-state index contributed by atoms with van der Waals surface area (Å²) >= 11 is 0. The van der Waals surface area contributed by atoms with E-state index >= 15 is 0 Å². The van der Waals surface area contributed by atoms with Crippen molar-refractivity contribution in [3.63, 3.8) is 0 Å². The first-order valence-corrected chi connectivity index (χ1v) is 12.2. The average Bonchev–Trinajstić information content (AvgIpc) is 3.37. The van der Waals surface area contributed by atoms with E-state index in [1.165, 1.54) is 0 Å². The number of piperidine rings is 1. The molecule has 2 aromatic carbocycles. The van der Waals surface area contributed by atoms with Crippen LogP contribution < -0.4 is 4.74 Å². The Morgan fingerprint density at radius 1 is 1.11 bits per heavy atom. The van der Waals surface area contributed by atoms with Crippen LogP contribution in [0.3, 0.4) is 0 Å². The van der Waals surface area contributed by atoms with Crippen LogP contribution in [0.15, 0.2) is 71.3 Å². The molecule has 0 aliphatic carbocycles. The normalized spacial score (nSPS) is 17.9. The van der Waals surface area contributed by atoms with Gasteiger partial charge in [-0.05, 0) is 23.6 Å². The first-order chi connectivity index (χ1) is 16.9. The van der Waals surface area contributed by atoms with Crippen LogP contribution in [-0.2, 0) is 11.3 Å². The van der Waals surface area contributed by atoms with Gasteiger partial charge in [0.25, 0.3) is 5.91 Å². The van der Waals surface area contributed by atoms with E-state index in [1.807, 2.05) is 81.6 Å². The smallest absolute Gasteiger partial charge is 0.292 e. The van der Waals surface area contributed by atoms with E-state index in [0.29, 0.717) is 26.1 Å². The van der Waals surface area contributed by atoms with Gasteiger partial charge in [0, 0.05) is 51.5 Å². The summed E-state index contributed by atoms with van der Waals surface area (Å²) in [5.41, 5.74) is 1.83. The van der Waals surface area contributed by atoms with Gasteiger partial charge in [0.15, 0.2) is 0 Å². The quantitative estimate of drug-likeness (QED) is 0.470. The number of benzene rings is 2. The molecule has 0 radical (unpaired) electrons. The maximum atomic E-state index is 13.2. The molecule has 1 aliphatic rings. The number of nitrogens with zero attached hydrogens (tertiary/aromatic N) is 3. The van der Waals surface area contributed by atoms with E-state index in [0.717, 1.165) is 17.0 Å². The number of aromatic nitrogens is 1. The third kappa shape index (κ3) is 6.29. The molecule has 1 fully saturated rings. The Morgan fingerprint density at radius 2 is 1.80 bits per heavy atom. The maximum absolute atomic E-state index is 13.2. The van der Waals surface area contributed by atoms with Gasteiger partial charge in [-0.3, -0.25) is 9.59 Å². The van der Waals surface area contributed by atoms with Gasteiger partial charge in [-0.25, -0.2) is 0 Å². The second kappa shape index (κ2) is 11.2. The number of para-hydroxylation sites is 1. The van der Waals surface area contributed by atoms with E-state index in [4.69, 9.17) is 9.26 Å². The molecule has 0 N–H and O–H groups in total. The highest BCUT2D eigenvalue weighted by molar-refractivity contribution is 5.91. The van der Waals surface area contributed by atoms with Gasteiger partial charge < -0.3 is 19.1 Å². The fraction of sp³-hybridized carbons (Fsp3) is 0.393. The van der Waals surface area contributed by atoms with Crippen molar-refractivity contribution < 1.29 is 18.8 Å². The van der Waals surface area contributed by atoms with Crippen molar-refractivity contribution in [1.82, 2.24) is 15.0 Å². The number of ether oxygens (including phenoxy) is 1. The zero-order chi connectivity index (χ0) is 24.8. The molecule has 1 aromatic heterocycles. The molecule has 35 heavy (non-hydrogen) atoms. The molecule has 3 aromatic rings. The summed E-state index contributed by atoms with van der Waals surface area (Å²) in [5, 5.41) is 4.02. The molecule has 0 bridgehead atoms. The molecule has 0 saturated carbocycles. The molecule has 184 valence electrons. The van der Waals surface area contributed by atoms with Crippen LogP contribution >= 0.6 is 0 Å². The summed E-state index contributed by atoms with van der Waals surface area (Å²) in [6, 6.07) is 21.3. The van der Waals surface area contributed by atoms with E-state index in [2.05, 4.69) is 5.16 Å². The summed E-state index contributed by atoms with van der Waals surface area (Å²) in [6.45, 7) is 5.49. The predicted octanol–water partition coefficient (Wildman–Crippen LogP) is 4.76. The number of carbonyl (C=O) groups excluding carboxylic acids is 2. The number of likely N-dealkylation sites (tertiary alicyclic amines) is 1. The topological polar surface area (TPSA) is 75.9 Å². The number of hydrogen-bond acceptors (Lipinski definition) is 5. The number of amides is 2. The van der Waals surface area contributed by atoms with E-state index in [9.17, 15) is 9.59 Å². The van der Waals surface area contributed by atoms with E-state index in [1.54, 1.807) is 15.9 Å². The molecule has 1 saturated heterocycles. The van der Waals surface area contributed by atoms with Crippen LogP contribution in [0.25, 0.3) is 0 Å². The second-order valence-electron chi connectivity index (χ2n) is 9.48. The summed E-state index contributed by atoms with van der Waals surface area (Å²) in [4.78, 5) is 29.8. The Bertz CT molecular complexity index is 1110. The third-order valence-electron chi connectivity index (χ3n) is 6.44. The van der Waals surface area contributed by atoms with E-state index < -0.39 is 0 Å². The van der Waals surface area contributed by atoms with Crippen LogP contribution in [-0.4, -0.2) is 53.0 Å². The first-order valence-electron chi connectivity index (χ1n) is 12.2. The zero-order valence-corrected chi connectivity index (χ0v) is 20.6. The minimum Gasteiger partial charge on any atom is -0.490 e. The summed E-state index contributed by atoms with van der Waals surface area (Å²) < 4.78 is 11.6. The second-order valence-corrected chi connectivity index (χ2v) is 9.48. The first kappa shape index (κ1) is 24.5. The minimum absolute atomic E-state index is 0.0246. The molecule has 4 rings (SSSR count). The molecule has 2 amide bonds. The summed E-state index contributed by atoms with van der Waals surface area (Å²) in [7, 11) is 1.82. The van der Waals surface area contributed by atoms with Crippen molar-refractivity contribution in [3.05, 3.63) is 83.7 Å². The molecule has 0 spiro atoms. The Kier molecular flexibility index (Phi) is 7.85. The largest absolute Gasteiger partial charge is 0.490 e. The Hall–Kier alpha value is -3.61. The number of carbonyl (C=O) groups is 2. The standard InChI is InChI=1S/C28H33N3O4/c1-20(2)24-17-26(35-29-24)28(33)31-15-14-25(34-23-12-8-5-9-13-23)22(19-31)16-27(32)30(3)18-21-10-6-4-7-11-21/h4-13,17,20,22,25H,14-16,18-19H2,1-3H3/t22-,25-/m0/s1. The molecule has 0 unspecified atom stereocenters. The lowest BCUT2D eigenvalue weighted by Crippen LogP contribution is -2.49. The highest BCUT2D eigenvalue weighted by atomic mass is 16.5. The highest BCUT2D eigenvalue weighted by Gasteiger charge is 2.36. The lowest BCUT2D eigenvalue weighted by atomic mass is 9.90. The molecule has 7 nitrogen and oxygen atoms in total. The van der Waals surface area contributed by atoms with Crippen LogP contribution in [0.4, 0.5) is 0 Å². The summed E-state index contributed by atoms with van der Waals surface area (Å²) in [6.07, 6.45) is 0.751. The van der Waals surface area contributed by atoms with Gasteiger partial charge in [-0.1, -0.05) is 67.5 Å². The van der Waals surface area contributed by atoms with Gasteiger partial charge in [0.2, 0.25) is 11.7 Å². The molecule has 1 aliphatic heterocycles. The number of hydrogen-bond donors (Lipinski definition) is 0. The molecule has 7 heteroatoms. The van der Waals surface area contributed by atoms with Gasteiger partial charge >= 0.3 is 0 Å². The van der Waals surface area contributed by atoms with Crippen LogP contribution in [0.2, 0.25) is 0 Å². The zero-order valence-electron chi connectivity index (χ0n) is 20.6. The van der Waals surface area contributed by atoms with Crippen molar-refractivity contribution in [2.75, 3.05) is 20.1 Å². The minimum atomic E-state index is -0.197. The monoisotopic (exact) mass is 475 g/mol.